The molecule has 1 saturated heterocycles. The van der Waals surface area contributed by atoms with Gasteiger partial charge in [0.25, 0.3) is 0 Å². The molecule has 1 aromatic rings. The Morgan fingerprint density at radius 3 is 2.30 bits per heavy atom. The van der Waals surface area contributed by atoms with Crippen molar-refractivity contribution in [2.45, 2.75) is 71.3 Å². The van der Waals surface area contributed by atoms with Gasteiger partial charge in [-0.2, -0.15) is 0 Å². The molecule has 4 heteroatoms. The van der Waals surface area contributed by atoms with Crippen molar-refractivity contribution in [3.05, 3.63) is 35.9 Å². The lowest BCUT2D eigenvalue weighted by molar-refractivity contribution is -0.941. The van der Waals surface area contributed by atoms with Crippen LogP contribution in [0.25, 0.3) is 0 Å². The Bertz CT molecular complexity index is 759. The monoisotopic (exact) mass is 411 g/mol. The molecule has 1 aromatic carbocycles. The fourth-order valence-corrected chi connectivity index (χ4v) is 4.69. The number of hydrogen-bond donors (Lipinski definition) is 0. The number of likely N-dealkylation sites (tertiary alicyclic amines) is 1. The molecule has 0 amide bonds. The summed E-state index contributed by atoms with van der Waals surface area (Å²) in [6.07, 6.45) is 7.57. The predicted molar refractivity (Wildman–Crippen MR) is 117 cm³/mol. The normalized spacial score (nSPS) is 21.3. The molecule has 0 N–H and O–H groups in total. The molecule has 4 nitrogen and oxygen atoms in total. The Kier molecular flexibility index (Phi) is 7.26. The average molecular weight is 412 g/mol. The maximum atomic E-state index is 14.0. The lowest BCUT2D eigenvalue weighted by Gasteiger charge is -2.42. The molecule has 0 spiro atoms. The Morgan fingerprint density at radius 1 is 1.07 bits per heavy atom. The topological polar surface area (TPSA) is 49.4 Å². The second-order valence-corrected chi connectivity index (χ2v) is 10.2. The quantitative estimate of drug-likeness (QED) is 0.418. The van der Waals surface area contributed by atoms with Gasteiger partial charge in [0.15, 0.2) is 0 Å². The van der Waals surface area contributed by atoms with E-state index in [1.165, 1.54) is 6.42 Å². The lowest BCUT2D eigenvalue weighted by atomic mass is 9.80. The maximum absolute atomic E-state index is 14.0. The van der Waals surface area contributed by atoms with Crippen molar-refractivity contribution < 1.29 is 19.1 Å². The molecular weight excluding hydrogens is 374 g/mol. The summed E-state index contributed by atoms with van der Waals surface area (Å²) in [6.45, 7) is 8.46. The molecule has 0 aromatic heterocycles. The highest BCUT2D eigenvalue weighted by Gasteiger charge is 2.34. The summed E-state index contributed by atoms with van der Waals surface area (Å²) in [5.74, 6) is 6.37. The summed E-state index contributed by atoms with van der Waals surface area (Å²) in [5, 5.41) is 14.0. The van der Waals surface area contributed by atoms with Gasteiger partial charge >= 0.3 is 5.97 Å². The summed E-state index contributed by atoms with van der Waals surface area (Å²) >= 11 is 0. The van der Waals surface area contributed by atoms with Crippen LogP contribution < -0.4 is 5.11 Å². The molecule has 1 aliphatic heterocycles. The zero-order valence-electron chi connectivity index (χ0n) is 18.9. The van der Waals surface area contributed by atoms with Crippen molar-refractivity contribution in [2.24, 2.45) is 11.3 Å². The smallest absolute Gasteiger partial charge is 0.315 e. The van der Waals surface area contributed by atoms with Gasteiger partial charge in [-0.05, 0) is 75.9 Å². The lowest BCUT2D eigenvalue weighted by Crippen LogP contribution is -2.54. The highest BCUT2D eigenvalue weighted by molar-refractivity contribution is 5.75. The number of ether oxygens (including phenoxy) is 1. The van der Waals surface area contributed by atoms with Crippen LogP contribution in [0, 0.1) is 23.2 Å². The van der Waals surface area contributed by atoms with Crippen molar-refractivity contribution in [1.82, 2.24) is 0 Å². The van der Waals surface area contributed by atoms with E-state index in [-0.39, 0.29) is 11.9 Å². The van der Waals surface area contributed by atoms with Gasteiger partial charge in [-0.1, -0.05) is 43.2 Å². The fraction of sp³-hybridized carbons (Fsp3) is 0.654. The van der Waals surface area contributed by atoms with Gasteiger partial charge in [0, 0.05) is 0 Å². The van der Waals surface area contributed by atoms with Gasteiger partial charge in [0.2, 0.25) is 6.73 Å². The highest BCUT2D eigenvalue weighted by Crippen LogP contribution is 2.38. The second-order valence-electron chi connectivity index (χ2n) is 10.2. The molecule has 1 aliphatic carbocycles. The van der Waals surface area contributed by atoms with Gasteiger partial charge < -0.3 is 9.84 Å². The number of piperidine rings is 1. The molecule has 30 heavy (non-hydrogen) atoms. The average Bonchev–Trinajstić information content (AvgIpc) is 3.28. The predicted octanol–water partition coefficient (Wildman–Crippen LogP) is 3.98. The number of benzene rings is 1. The van der Waals surface area contributed by atoms with Gasteiger partial charge in [-0.15, -0.1) is 5.92 Å². The van der Waals surface area contributed by atoms with Gasteiger partial charge in [0.1, 0.15) is 6.54 Å². The van der Waals surface area contributed by atoms with Crippen molar-refractivity contribution >= 4 is 5.97 Å². The van der Waals surface area contributed by atoms with Crippen molar-refractivity contribution in [2.75, 3.05) is 26.4 Å². The van der Waals surface area contributed by atoms with E-state index in [0.717, 1.165) is 57.2 Å². The first-order valence-corrected chi connectivity index (χ1v) is 11.5. The van der Waals surface area contributed by atoms with E-state index < -0.39 is 11.0 Å². The van der Waals surface area contributed by atoms with E-state index >= 15 is 0 Å². The standard InChI is InChI=1S/C26H37NO3/c1-25(2,3)24(28)30-21-27(18-10-5-11-19-27)20-12-17-26(29,23-15-8-9-16-23)22-13-6-4-7-14-22/h4,6-7,13-14,23H,5,8-11,15-16,18-21H2,1-3H3. The minimum absolute atomic E-state index is 0.0703. The Hall–Kier alpha value is -1.83. The van der Waals surface area contributed by atoms with Crippen LogP contribution in [-0.4, -0.2) is 36.8 Å². The summed E-state index contributed by atoms with van der Waals surface area (Å²) in [4.78, 5) is 12.3. The number of quaternary nitrogens is 1. The molecule has 1 saturated carbocycles. The molecule has 2 aliphatic rings. The van der Waals surface area contributed by atoms with Crippen LogP contribution in [0.1, 0.15) is 71.3 Å². The molecule has 1 unspecified atom stereocenters. The van der Waals surface area contributed by atoms with E-state index in [2.05, 4.69) is 11.8 Å². The SMILES string of the molecule is CC(C)(C)C(=O)OC[N+]1(CC#CC([O-])(c2ccccc2)C2CCCC2)CCCCC1. The third-order valence-corrected chi connectivity index (χ3v) is 6.67. The Balaban J connectivity index is 1.79. The van der Waals surface area contributed by atoms with E-state index in [0.29, 0.717) is 17.8 Å². The van der Waals surface area contributed by atoms with E-state index in [1.807, 2.05) is 51.1 Å². The minimum atomic E-state index is -1.35. The second kappa shape index (κ2) is 9.54. The van der Waals surface area contributed by atoms with Gasteiger partial charge in [-0.25, -0.2) is 0 Å². The van der Waals surface area contributed by atoms with E-state index in [4.69, 9.17) is 4.74 Å². The number of nitrogens with zero attached hydrogens (tertiary/aromatic N) is 1. The van der Waals surface area contributed by atoms with Crippen LogP contribution in [0.3, 0.4) is 0 Å². The number of carbonyl (C=O) groups is 1. The maximum Gasteiger partial charge on any atom is 0.315 e. The summed E-state index contributed by atoms with van der Waals surface area (Å²) in [5.41, 5.74) is -1.07. The summed E-state index contributed by atoms with van der Waals surface area (Å²) in [6, 6.07) is 9.67. The van der Waals surface area contributed by atoms with Crippen LogP contribution in [0.4, 0.5) is 0 Å². The number of carbonyl (C=O) groups excluding carboxylic acids is 1. The number of esters is 1. The van der Waals surface area contributed by atoms with Gasteiger partial charge in [-0.3, -0.25) is 9.28 Å². The zero-order valence-corrected chi connectivity index (χ0v) is 18.9. The van der Waals surface area contributed by atoms with Crippen molar-refractivity contribution in [3.8, 4) is 11.8 Å². The van der Waals surface area contributed by atoms with Crippen molar-refractivity contribution in [1.29, 1.82) is 0 Å². The highest BCUT2D eigenvalue weighted by atomic mass is 16.5. The van der Waals surface area contributed by atoms with E-state index in [9.17, 15) is 9.90 Å². The number of rotatable bonds is 5. The Labute approximate surface area is 182 Å². The van der Waals surface area contributed by atoms with Crippen LogP contribution >= 0.6 is 0 Å². The molecule has 3 rings (SSSR count). The Morgan fingerprint density at radius 2 is 1.70 bits per heavy atom. The first-order valence-electron chi connectivity index (χ1n) is 11.5. The molecular formula is C26H37NO3. The minimum Gasteiger partial charge on any atom is -0.836 e. The summed E-state index contributed by atoms with van der Waals surface area (Å²) in [7, 11) is 0. The molecule has 1 atom stereocenters. The number of hydrogen-bond acceptors (Lipinski definition) is 3. The third kappa shape index (κ3) is 5.45. The van der Waals surface area contributed by atoms with Crippen LogP contribution in [0.2, 0.25) is 0 Å². The zero-order chi connectivity index (χ0) is 21.7. The van der Waals surface area contributed by atoms with Crippen LogP contribution in [0.5, 0.6) is 0 Å². The molecule has 0 bridgehead atoms. The molecule has 2 fully saturated rings. The van der Waals surface area contributed by atoms with Gasteiger partial charge in [0.05, 0.1) is 18.5 Å². The fourth-order valence-electron chi connectivity index (χ4n) is 4.69. The third-order valence-electron chi connectivity index (χ3n) is 6.67. The summed E-state index contributed by atoms with van der Waals surface area (Å²) < 4.78 is 6.36. The van der Waals surface area contributed by atoms with Crippen molar-refractivity contribution in [3.63, 3.8) is 0 Å². The first kappa shape index (κ1) is 22.8. The van der Waals surface area contributed by atoms with Crippen LogP contribution in [-0.2, 0) is 15.1 Å². The molecule has 164 valence electrons. The molecule has 1 heterocycles. The largest absolute Gasteiger partial charge is 0.836 e. The molecule has 0 radical (unpaired) electrons. The van der Waals surface area contributed by atoms with E-state index in [1.54, 1.807) is 0 Å². The van der Waals surface area contributed by atoms with Crippen LogP contribution in [0.15, 0.2) is 30.3 Å². The first-order chi connectivity index (χ1) is 14.3.